The molecule has 0 unspecified atom stereocenters. The van der Waals surface area contributed by atoms with Crippen LogP contribution in [0.25, 0.3) is 0 Å². The molecule has 0 N–H and O–H groups in total. The fraction of sp³-hybridized carbons (Fsp3) is 0.966. The fourth-order valence-electron chi connectivity index (χ4n) is 3.45. The van der Waals surface area contributed by atoms with E-state index >= 15 is 0 Å². The maximum atomic E-state index is 10.8. The largest absolute Gasteiger partial charge is 0.467 e. The number of unbranched alkanes of at least 4 members (excludes halogenated alkanes) is 9. The quantitative estimate of drug-likeness (QED) is 0.0832. The smallest absolute Gasteiger partial charge is 0.331 e. The first-order valence-electron chi connectivity index (χ1n) is 15.0. The van der Waals surface area contributed by atoms with Gasteiger partial charge in [-0.15, -0.1) is 0 Å². The molecular weight excluding hydrogens is 508 g/mol. The Morgan fingerprint density at radius 3 is 1.00 bits per heavy atom. The summed E-state index contributed by atoms with van der Waals surface area (Å²) in [4.78, 5) is 10.8. The zero-order valence-corrected chi connectivity index (χ0v) is 25.0. The molecule has 10 heteroatoms. The van der Waals surface area contributed by atoms with Crippen molar-refractivity contribution in [2.45, 2.75) is 71.1 Å². The Hall–Kier alpha value is -0.850. The molecule has 0 radical (unpaired) electrons. The number of ether oxygens (including phenoxy) is 9. The number of carbonyl (C=O) groups is 1. The molecule has 0 aliphatic carbocycles. The number of hydrogen-bond acceptors (Lipinski definition) is 10. The molecule has 0 saturated heterocycles. The van der Waals surface area contributed by atoms with Gasteiger partial charge in [0.15, 0.2) is 0 Å². The van der Waals surface area contributed by atoms with Crippen molar-refractivity contribution in [1.29, 1.82) is 0 Å². The summed E-state index contributed by atoms with van der Waals surface area (Å²) in [6.45, 7) is 10.2. The van der Waals surface area contributed by atoms with Gasteiger partial charge in [-0.2, -0.15) is 0 Å². The number of esters is 1. The molecule has 0 aromatic rings. The van der Waals surface area contributed by atoms with Crippen molar-refractivity contribution in [3.05, 3.63) is 0 Å². The summed E-state index contributed by atoms with van der Waals surface area (Å²) in [5, 5.41) is 0. The van der Waals surface area contributed by atoms with Crippen LogP contribution < -0.4 is 0 Å². The Balaban J connectivity index is 3.03. The molecule has 0 heterocycles. The van der Waals surface area contributed by atoms with Crippen molar-refractivity contribution < 1.29 is 47.4 Å². The summed E-state index contributed by atoms with van der Waals surface area (Å²) in [6.07, 6.45) is 13.4. The maximum absolute atomic E-state index is 10.8. The molecule has 0 atom stereocenters. The lowest BCUT2D eigenvalue weighted by Crippen LogP contribution is -2.16. The lowest BCUT2D eigenvalue weighted by atomic mass is 10.1. The van der Waals surface area contributed by atoms with Gasteiger partial charge in [0.25, 0.3) is 0 Å². The molecule has 0 saturated carbocycles. The summed E-state index contributed by atoms with van der Waals surface area (Å²) in [5.41, 5.74) is 0. The molecule has 234 valence electrons. The second-order valence-electron chi connectivity index (χ2n) is 9.10. The van der Waals surface area contributed by atoms with Crippen molar-refractivity contribution in [3.8, 4) is 0 Å². The molecular formula is C29H58O10. The lowest BCUT2D eigenvalue weighted by molar-refractivity contribution is -0.146. The van der Waals surface area contributed by atoms with Crippen LogP contribution in [0.2, 0.25) is 0 Å². The minimum atomic E-state index is -0.399. The van der Waals surface area contributed by atoms with Gasteiger partial charge in [0, 0.05) is 6.61 Å². The zero-order valence-electron chi connectivity index (χ0n) is 25.0. The van der Waals surface area contributed by atoms with E-state index in [9.17, 15) is 4.79 Å². The summed E-state index contributed by atoms with van der Waals surface area (Å²) >= 11 is 0. The molecule has 39 heavy (non-hydrogen) atoms. The highest BCUT2D eigenvalue weighted by Gasteiger charge is 1.99. The second kappa shape index (κ2) is 35.2. The molecule has 0 aliphatic heterocycles. The van der Waals surface area contributed by atoms with Gasteiger partial charge >= 0.3 is 5.97 Å². The number of methoxy groups -OCH3 is 1. The van der Waals surface area contributed by atoms with Gasteiger partial charge in [-0.3, -0.25) is 0 Å². The lowest BCUT2D eigenvalue weighted by Gasteiger charge is -2.08. The van der Waals surface area contributed by atoms with Crippen molar-refractivity contribution >= 4 is 5.97 Å². The van der Waals surface area contributed by atoms with E-state index < -0.39 is 5.97 Å². The van der Waals surface area contributed by atoms with Gasteiger partial charge in [0.05, 0.1) is 99.6 Å². The highest BCUT2D eigenvalue weighted by molar-refractivity contribution is 5.70. The molecule has 0 aromatic carbocycles. The summed E-state index contributed by atoms with van der Waals surface area (Å²) in [7, 11) is 1.32. The minimum absolute atomic E-state index is 0.0603. The Morgan fingerprint density at radius 1 is 0.385 bits per heavy atom. The monoisotopic (exact) mass is 566 g/mol. The van der Waals surface area contributed by atoms with E-state index in [1.165, 1.54) is 64.9 Å². The molecule has 0 rings (SSSR count). The first-order valence-corrected chi connectivity index (χ1v) is 15.0. The Labute approximate surface area is 237 Å². The zero-order chi connectivity index (χ0) is 28.3. The first-order chi connectivity index (χ1) is 19.3. The van der Waals surface area contributed by atoms with Gasteiger partial charge in [0.2, 0.25) is 0 Å². The second-order valence-corrected chi connectivity index (χ2v) is 9.10. The Bertz CT molecular complexity index is 467. The van der Waals surface area contributed by atoms with E-state index in [0.717, 1.165) is 13.0 Å². The van der Waals surface area contributed by atoms with Crippen LogP contribution in [0.3, 0.4) is 0 Å². The van der Waals surface area contributed by atoms with Gasteiger partial charge < -0.3 is 42.6 Å². The van der Waals surface area contributed by atoms with Crippen LogP contribution in [0.1, 0.15) is 71.1 Å². The predicted octanol–water partition coefficient (Wildman–Crippen LogP) is 4.21. The third-order valence-electron chi connectivity index (χ3n) is 5.69. The summed E-state index contributed by atoms with van der Waals surface area (Å²) in [6, 6.07) is 0. The van der Waals surface area contributed by atoms with Crippen LogP contribution in [0.5, 0.6) is 0 Å². The number of rotatable bonds is 34. The van der Waals surface area contributed by atoms with Crippen LogP contribution >= 0.6 is 0 Å². The van der Waals surface area contributed by atoms with Crippen LogP contribution in [-0.2, 0) is 47.4 Å². The van der Waals surface area contributed by atoms with Gasteiger partial charge in [0.1, 0.15) is 6.61 Å². The van der Waals surface area contributed by atoms with Crippen molar-refractivity contribution in [1.82, 2.24) is 0 Å². The molecule has 0 fully saturated rings. The molecule has 0 spiro atoms. The Morgan fingerprint density at radius 2 is 0.667 bits per heavy atom. The van der Waals surface area contributed by atoms with Gasteiger partial charge in [-0.25, -0.2) is 4.79 Å². The van der Waals surface area contributed by atoms with Crippen molar-refractivity contribution in [2.75, 3.05) is 113 Å². The van der Waals surface area contributed by atoms with Crippen molar-refractivity contribution in [2.24, 2.45) is 0 Å². The first kappa shape index (κ1) is 38.1. The number of hydrogen-bond donors (Lipinski definition) is 0. The summed E-state index contributed by atoms with van der Waals surface area (Å²) < 4.78 is 47.8. The normalized spacial score (nSPS) is 11.3. The Kier molecular flexibility index (Phi) is 34.4. The van der Waals surface area contributed by atoms with E-state index in [-0.39, 0.29) is 6.61 Å². The predicted molar refractivity (Wildman–Crippen MR) is 150 cm³/mol. The average molecular weight is 567 g/mol. The number of carbonyl (C=O) groups excluding carboxylic acids is 1. The van der Waals surface area contributed by atoms with Crippen LogP contribution in [0, 0.1) is 0 Å². The average Bonchev–Trinajstić information content (AvgIpc) is 2.95. The minimum Gasteiger partial charge on any atom is -0.467 e. The molecule has 0 amide bonds. The van der Waals surface area contributed by atoms with Gasteiger partial charge in [-0.1, -0.05) is 64.7 Å². The fourth-order valence-corrected chi connectivity index (χ4v) is 3.45. The van der Waals surface area contributed by atoms with E-state index in [2.05, 4.69) is 11.7 Å². The van der Waals surface area contributed by atoms with Crippen LogP contribution in [0.15, 0.2) is 0 Å². The summed E-state index contributed by atoms with van der Waals surface area (Å²) in [5.74, 6) is -0.399. The van der Waals surface area contributed by atoms with Crippen molar-refractivity contribution in [3.63, 3.8) is 0 Å². The third-order valence-corrected chi connectivity index (χ3v) is 5.69. The van der Waals surface area contributed by atoms with E-state index in [1.807, 2.05) is 0 Å². The highest BCUT2D eigenvalue weighted by atomic mass is 16.6. The molecule has 0 aromatic heterocycles. The topological polar surface area (TPSA) is 100 Å². The van der Waals surface area contributed by atoms with Gasteiger partial charge in [-0.05, 0) is 6.42 Å². The SMILES string of the molecule is CCCCCCCCCCCCOCCOCCOCCOCCOCCOCCOCCOCC(=O)OC. The van der Waals surface area contributed by atoms with E-state index in [0.29, 0.717) is 92.5 Å². The maximum Gasteiger partial charge on any atom is 0.331 e. The third kappa shape index (κ3) is 35.1. The molecule has 0 bridgehead atoms. The molecule has 10 nitrogen and oxygen atoms in total. The van der Waals surface area contributed by atoms with Crippen LogP contribution in [0.4, 0.5) is 0 Å². The molecule has 0 aliphatic rings. The highest BCUT2D eigenvalue weighted by Crippen LogP contribution is 2.10. The standard InChI is InChI=1S/C29H58O10/c1-3-4-5-6-7-8-9-10-11-12-13-32-14-15-33-16-17-34-18-19-35-20-21-36-22-23-37-24-25-38-26-27-39-28-29(30)31-2/h3-28H2,1-2H3. The van der Waals surface area contributed by atoms with E-state index in [1.54, 1.807) is 0 Å². The van der Waals surface area contributed by atoms with Crippen LogP contribution in [-0.4, -0.2) is 119 Å². The van der Waals surface area contributed by atoms with E-state index in [4.69, 9.17) is 37.9 Å².